The van der Waals surface area contributed by atoms with Crippen molar-refractivity contribution in [2.75, 3.05) is 0 Å². The molecule has 1 rings (SSSR count). The summed E-state index contributed by atoms with van der Waals surface area (Å²) in [7, 11) is 0. The molecule has 11 heavy (non-hydrogen) atoms. The van der Waals surface area contributed by atoms with Crippen molar-refractivity contribution in [2.24, 2.45) is 0 Å². The van der Waals surface area contributed by atoms with Crippen LogP contribution in [0.5, 0.6) is 0 Å². The Morgan fingerprint density at radius 1 is 1.36 bits per heavy atom. The monoisotopic (exact) mass is 228 g/mol. The van der Waals surface area contributed by atoms with Crippen LogP contribution in [0.3, 0.4) is 0 Å². The van der Waals surface area contributed by atoms with Gasteiger partial charge in [0.05, 0.1) is 0 Å². The fourth-order valence-electron chi connectivity index (χ4n) is 0.925. The molecule has 1 aliphatic carbocycles. The third kappa shape index (κ3) is 5.98. The number of hydrogen-bond acceptors (Lipinski definition) is 0. The van der Waals surface area contributed by atoms with Crippen molar-refractivity contribution < 1.29 is 19.2 Å². The van der Waals surface area contributed by atoms with E-state index in [2.05, 4.69) is 32.1 Å². The third-order valence-electron chi connectivity index (χ3n) is 1.25. The summed E-state index contributed by atoms with van der Waals surface area (Å²) in [6, 6.07) is 0. The van der Waals surface area contributed by atoms with Gasteiger partial charge in [-0.15, -0.1) is 24.8 Å². The van der Waals surface area contributed by atoms with Crippen LogP contribution in [0.25, 0.3) is 0 Å². The van der Waals surface area contributed by atoms with Gasteiger partial charge in [-0.05, 0) is 0 Å². The van der Waals surface area contributed by atoms with E-state index in [-0.39, 0.29) is 44.0 Å². The Morgan fingerprint density at radius 2 is 2.00 bits per heavy atom. The zero-order valence-corrected chi connectivity index (χ0v) is 10.0. The van der Waals surface area contributed by atoms with Crippen LogP contribution in [0.4, 0.5) is 0 Å². The molecular formula is C8H14Cl2Ti. The molecule has 0 amide bonds. The van der Waals surface area contributed by atoms with E-state index in [4.69, 9.17) is 0 Å². The minimum atomic E-state index is 0. The van der Waals surface area contributed by atoms with Crippen LogP contribution in [0.1, 0.15) is 20.3 Å². The van der Waals surface area contributed by atoms with E-state index >= 15 is 0 Å². The Balaban J connectivity index is 0. The molecule has 0 nitrogen and oxygen atoms in total. The first-order valence-corrected chi connectivity index (χ1v) is 5.09. The van der Waals surface area contributed by atoms with Gasteiger partial charge >= 0.3 is 65.7 Å². The molecule has 0 heterocycles. The Morgan fingerprint density at radius 3 is 2.36 bits per heavy atom. The van der Waals surface area contributed by atoms with Crippen LogP contribution in [0, 0.1) is 0 Å². The summed E-state index contributed by atoms with van der Waals surface area (Å²) in [5, 5.41) is 0. The fourth-order valence-corrected chi connectivity index (χ4v) is 2.75. The second-order valence-electron chi connectivity index (χ2n) is 2.62. The maximum absolute atomic E-state index is 2.32. The average Bonchev–Trinajstić information content (AvgIpc) is 2.15. The van der Waals surface area contributed by atoms with Crippen molar-refractivity contribution in [1.29, 1.82) is 0 Å². The van der Waals surface area contributed by atoms with E-state index in [1.807, 2.05) is 0 Å². The van der Waals surface area contributed by atoms with Crippen LogP contribution in [-0.4, -0.2) is 0 Å². The molecule has 0 N–H and O–H groups in total. The molecule has 0 saturated carbocycles. The SMILES string of the molecule is C[CH](C)[Ti][C]1=CC=CC1.Cl.Cl. The van der Waals surface area contributed by atoms with Crippen LogP contribution in [0.2, 0.25) is 4.22 Å². The molecule has 0 aromatic carbocycles. The van der Waals surface area contributed by atoms with Crippen LogP contribution in [0.15, 0.2) is 22.1 Å². The van der Waals surface area contributed by atoms with Crippen LogP contribution < -0.4 is 0 Å². The molecule has 0 atom stereocenters. The average molecular weight is 229 g/mol. The molecule has 1 aliphatic rings. The topological polar surface area (TPSA) is 0 Å². The number of rotatable bonds is 2. The third-order valence-corrected chi connectivity index (χ3v) is 3.30. The normalized spacial score (nSPS) is 13.5. The summed E-state index contributed by atoms with van der Waals surface area (Å²) in [4.78, 5) is 0. The summed E-state index contributed by atoms with van der Waals surface area (Å²) in [6.07, 6.45) is 7.97. The number of halogens is 2. The van der Waals surface area contributed by atoms with Crippen molar-refractivity contribution in [2.45, 2.75) is 24.5 Å². The van der Waals surface area contributed by atoms with Crippen molar-refractivity contribution >= 4 is 24.8 Å². The van der Waals surface area contributed by atoms with Crippen molar-refractivity contribution in [3.63, 3.8) is 0 Å². The van der Waals surface area contributed by atoms with Crippen molar-refractivity contribution in [1.82, 2.24) is 0 Å². The maximum atomic E-state index is 2.32. The molecule has 0 unspecified atom stereocenters. The van der Waals surface area contributed by atoms with E-state index < -0.39 is 0 Å². The van der Waals surface area contributed by atoms with Gasteiger partial charge in [0.1, 0.15) is 0 Å². The minimum Gasteiger partial charge on any atom is -0.147 e. The molecule has 0 aromatic heterocycles. The Kier molecular flexibility index (Phi) is 9.66. The number of hydrogen-bond donors (Lipinski definition) is 0. The zero-order valence-electron chi connectivity index (χ0n) is 6.83. The van der Waals surface area contributed by atoms with Crippen LogP contribution in [-0.2, 0) is 19.2 Å². The molecule has 0 bridgehead atoms. The summed E-state index contributed by atoms with van der Waals surface area (Å²) >= 11 is 0.236. The quantitative estimate of drug-likeness (QED) is 0.634. The first kappa shape index (κ1) is 14.3. The summed E-state index contributed by atoms with van der Waals surface area (Å²) in [5.41, 5.74) is 0. The molecule has 3 heteroatoms. The smallest absolute Gasteiger partial charge is 0.147 e. The summed E-state index contributed by atoms with van der Waals surface area (Å²) < 4.78 is 2.65. The fraction of sp³-hybridized carbons (Fsp3) is 0.500. The summed E-state index contributed by atoms with van der Waals surface area (Å²) in [6.45, 7) is 4.64. The second-order valence-corrected chi connectivity index (χ2v) is 5.88. The number of allylic oxidation sites excluding steroid dienone is 4. The zero-order chi connectivity index (χ0) is 6.69. The Bertz CT molecular complexity index is 150. The maximum Gasteiger partial charge on any atom is -0.147 e. The van der Waals surface area contributed by atoms with Gasteiger partial charge in [-0.3, -0.25) is 0 Å². The van der Waals surface area contributed by atoms with Gasteiger partial charge in [0, 0.05) is 0 Å². The molecule has 0 fully saturated rings. The van der Waals surface area contributed by atoms with E-state index in [0.717, 1.165) is 4.22 Å². The van der Waals surface area contributed by atoms with Gasteiger partial charge in [-0.2, -0.15) is 0 Å². The predicted octanol–water partition coefficient (Wildman–Crippen LogP) is 3.58. The van der Waals surface area contributed by atoms with Gasteiger partial charge in [0.25, 0.3) is 0 Å². The van der Waals surface area contributed by atoms with Gasteiger partial charge in [0.2, 0.25) is 0 Å². The van der Waals surface area contributed by atoms with E-state index in [9.17, 15) is 0 Å². The standard InChI is InChI=1S/C5H5.C3H7.2ClH.Ti/c1-2-4-5-3-1;1-3-2;;;/h1-3H,4H2;3H,1-2H3;2*1H;. The molecule has 0 radical (unpaired) electrons. The molecule has 0 saturated heterocycles. The van der Waals surface area contributed by atoms with Gasteiger partial charge < -0.3 is 0 Å². The largest absolute Gasteiger partial charge is 0.147 e. The Hall–Kier alpha value is 0.774. The first-order valence-electron chi connectivity index (χ1n) is 3.41. The van der Waals surface area contributed by atoms with Gasteiger partial charge in [-0.25, -0.2) is 0 Å². The van der Waals surface area contributed by atoms with Gasteiger partial charge in [-0.1, -0.05) is 0 Å². The second kappa shape index (κ2) is 7.42. The van der Waals surface area contributed by atoms with Crippen molar-refractivity contribution in [3.05, 3.63) is 22.1 Å². The molecule has 0 spiro atoms. The predicted molar refractivity (Wildman–Crippen MR) is 51.4 cm³/mol. The molecule has 0 aliphatic heterocycles. The van der Waals surface area contributed by atoms with Crippen LogP contribution >= 0.6 is 24.8 Å². The summed E-state index contributed by atoms with van der Waals surface area (Å²) in [5.74, 6) is 0. The minimum absolute atomic E-state index is 0. The first-order chi connectivity index (χ1) is 4.29. The van der Waals surface area contributed by atoms with E-state index in [1.54, 1.807) is 3.88 Å². The van der Waals surface area contributed by atoms with Crippen molar-refractivity contribution in [3.8, 4) is 0 Å². The van der Waals surface area contributed by atoms with E-state index in [0.29, 0.717) is 0 Å². The molecule has 64 valence electrons. The van der Waals surface area contributed by atoms with Gasteiger partial charge in [0.15, 0.2) is 0 Å². The molecule has 0 aromatic rings. The molecular weight excluding hydrogens is 215 g/mol. The van der Waals surface area contributed by atoms with E-state index in [1.165, 1.54) is 6.42 Å². The Labute approximate surface area is 90.3 Å².